The Morgan fingerprint density at radius 2 is 1.71 bits per heavy atom. The van der Waals surface area contributed by atoms with Gasteiger partial charge in [-0.05, 0) is 60.7 Å². The minimum Gasteiger partial charge on any atom is -0.352 e. The van der Waals surface area contributed by atoms with Gasteiger partial charge in [-0.3, -0.25) is 4.79 Å². The highest BCUT2D eigenvalue weighted by Gasteiger charge is 2.27. The first kappa shape index (κ1) is 20.2. The van der Waals surface area contributed by atoms with Crippen LogP contribution < -0.4 is 10.0 Å². The van der Waals surface area contributed by atoms with Crippen molar-refractivity contribution < 1.29 is 22.0 Å². The molecule has 1 aliphatic carbocycles. The van der Waals surface area contributed by atoms with Crippen molar-refractivity contribution in [3.05, 3.63) is 71.3 Å². The molecule has 1 amide bonds. The Bertz CT molecular complexity index is 965. The molecular formula is C20H20F2N2O3S. The zero-order valence-corrected chi connectivity index (χ0v) is 15.8. The number of benzene rings is 2. The summed E-state index contributed by atoms with van der Waals surface area (Å²) in [6.07, 6.45) is 4.90. The summed E-state index contributed by atoms with van der Waals surface area (Å²) in [6, 6.07) is 9.47. The molecule has 1 saturated carbocycles. The van der Waals surface area contributed by atoms with E-state index in [9.17, 15) is 22.0 Å². The SMILES string of the molecule is O=C(C=Cc1ccc(S(=O)(=O)NC2CC2)cc1)NCCc1cc(F)cc(F)c1. The van der Waals surface area contributed by atoms with E-state index in [-0.39, 0.29) is 23.4 Å². The largest absolute Gasteiger partial charge is 0.352 e. The lowest BCUT2D eigenvalue weighted by Crippen LogP contribution is -2.25. The van der Waals surface area contributed by atoms with E-state index in [1.54, 1.807) is 18.2 Å². The molecule has 28 heavy (non-hydrogen) atoms. The van der Waals surface area contributed by atoms with Gasteiger partial charge in [0.1, 0.15) is 11.6 Å². The van der Waals surface area contributed by atoms with Crippen LogP contribution in [-0.4, -0.2) is 26.9 Å². The molecule has 5 nitrogen and oxygen atoms in total. The summed E-state index contributed by atoms with van der Waals surface area (Å²) < 4.78 is 53.0. The van der Waals surface area contributed by atoms with Gasteiger partial charge >= 0.3 is 0 Å². The van der Waals surface area contributed by atoms with Gasteiger partial charge in [0.15, 0.2) is 0 Å². The van der Waals surface area contributed by atoms with E-state index in [1.807, 2.05) is 0 Å². The summed E-state index contributed by atoms with van der Waals surface area (Å²) in [4.78, 5) is 12.0. The molecular weight excluding hydrogens is 386 g/mol. The molecule has 1 fully saturated rings. The molecule has 0 spiro atoms. The predicted octanol–water partition coefficient (Wildman–Crippen LogP) is 2.78. The summed E-state index contributed by atoms with van der Waals surface area (Å²) in [7, 11) is -3.50. The van der Waals surface area contributed by atoms with Crippen LogP contribution in [0.15, 0.2) is 53.4 Å². The second kappa shape index (κ2) is 8.62. The topological polar surface area (TPSA) is 75.3 Å². The molecule has 0 bridgehead atoms. The van der Waals surface area contributed by atoms with Gasteiger partial charge in [-0.15, -0.1) is 0 Å². The molecule has 8 heteroatoms. The number of halogens is 2. The van der Waals surface area contributed by atoms with E-state index in [4.69, 9.17) is 0 Å². The van der Waals surface area contributed by atoms with Gasteiger partial charge in [-0.1, -0.05) is 12.1 Å². The highest BCUT2D eigenvalue weighted by atomic mass is 32.2. The van der Waals surface area contributed by atoms with Crippen molar-refractivity contribution in [1.82, 2.24) is 10.0 Å². The van der Waals surface area contributed by atoms with E-state index in [2.05, 4.69) is 10.0 Å². The molecule has 0 heterocycles. The Balaban J connectivity index is 1.49. The third-order valence-corrected chi connectivity index (χ3v) is 5.69. The number of rotatable bonds is 8. The van der Waals surface area contributed by atoms with Crippen LogP contribution in [0.5, 0.6) is 0 Å². The molecule has 1 aliphatic rings. The average molecular weight is 406 g/mol. The van der Waals surface area contributed by atoms with Crippen LogP contribution in [-0.2, 0) is 21.2 Å². The molecule has 0 unspecified atom stereocenters. The van der Waals surface area contributed by atoms with Crippen LogP contribution in [0.3, 0.4) is 0 Å². The minimum atomic E-state index is -3.50. The first-order chi connectivity index (χ1) is 13.3. The van der Waals surface area contributed by atoms with Gasteiger partial charge in [0.25, 0.3) is 0 Å². The molecule has 0 aromatic heterocycles. The molecule has 2 aromatic rings. The van der Waals surface area contributed by atoms with Crippen molar-refractivity contribution >= 4 is 22.0 Å². The first-order valence-corrected chi connectivity index (χ1v) is 10.3. The van der Waals surface area contributed by atoms with E-state index in [1.165, 1.54) is 30.3 Å². The lowest BCUT2D eigenvalue weighted by Gasteiger charge is -2.05. The maximum absolute atomic E-state index is 13.1. The molecule has 0 radical (unpaired) electrons. The first-order valence-electron chi connectivity index (χ1n) is 8.85. The average Bonchev–Trinajstić information content (AvgIpc) is 3.43. The summed E-state index contributed by atoms with van der Waals surface area (Å²) in [5.41, 5.74) is 1.13. The molecule has 2 N–H and O–H groups in total. The highest BCUT2D eigenvalue weighted by Crippen LogP contribution is 2.22. The second-order valence-corrected chi connectivity index (χ2v) is 8.33. The van der Waals surface area contributed by atoms with E-state index < -0.39 is 21.7 Å². The van der Waals surface area contributed by atoms with E-state index >= 15 is 0 Å². The van der Waals surface area contributed by atoms with Gasteiger partial charge < -0.3 is 5.32 Å². The molecule has 0 aliphatic heterocycles. The normalized spacial score (nSPS) is 14.4. The molecule has 2 aromatic carbocycles. The second-order valence-electron chi connectivity index (χ2n) is 6.62. The van der Waals surface area contributed by atoms with Crippen LogP contribution in [0.1, 0.15) is 24.0 Å². The standard InChI is InChI=1S/C20H20F2N2O3S/c21-16-11-15(12-17(22)13-16)9-10-23-20(25)8-3-14-1-6-19(7-2-14)28(26,27)24-18-4-5-18/h1-3,6-8,11-13,18,24H,4-5,9-10H2,(H,23,25). The number of hydrogen-bond acceptors (Lipinski definition) is 3. The lowest BCUT2D eigenvalue weighted by atomic mass is 10.1. The lowest BCUT2D eigenvalue weighted by molar-refractivity contribution is -0.116. The molecule has 3 rings (SSSR count). The zero-order valence-electron chi connectivity index (χ0n) is 15.0. The number of sulfonamides is 1. The Kier molecular flexibility index (Phi) is 6.21. The number of carbonyl (C=O) groups is 1. The van der Waals surface area contributed by atoms with Gasteiger partial charge in [0.2, 0.25) is 15.9 Å². The predicted molar refractivity (Wildman–Crippen MR) is 102 cm³/mol. The molecule has 148 valence electrons. The van der Waals surface area contributed by atoms with Crippen molar-refractivity contribution in [2.24, 2.45) is 0 Å². The zero-order chi connectivity index (χ0) is 20.1. The van der Waals surface area contributed by atoms with E-state index in [0.717, 1.165) is 18.9 Å². The van der Waals surface area contributed by atoms with Crippen LogP contribution in [0.25, 0.3) is 6.08 Å². The van der Waals surface area contributed by atoms with Crippen LogP contribution in [0, 0.1) is 11.6 Å². The van der Waals surface area contributed by atoms with Gasteiger partial charge in [0.05, 0.1) is 4.90 Å². The minimum absolute atomic E-state index is 0.0390. The van der Waals surface area contributed by atoms with Crippen molar-refractivity contribution in [1.29, 1.82) is 0 Å². The summed E-state index contributed by atoms with van der Waals surface area (Å²) in [6.45, 7) is 0.232. The summed E-state index contributed by atoms with van der Waals surface area (Å²) in [5, 5.41) is 2.63. The Labute approximate surface area is 162 Å². The van der Waals surface area contributed by atoms with Gasteiger partial charge in [-0.25, -0.2) is 21.9 Å². The highest BCUT2D eigenvalue weighted by molar-refractivity contribution is 7.89. The van der Waals surface area contributed by atoms with Crippen LogP contribution in [0.2, 0.25) is 0 Å². The fraction of sp³-hybridized carbons (Fsp3) is 0.250. The number of nitrogens with one attached hydrogen (secondary N) is 2. The van der Waals surface area contributed by atoms with Crippen molar-refractivity contribution in [2.45, 2.75) is 30.2 Å². The Morgan fingerprint density at radius 1 is 1.07 bits per heavy atom. The Morgan fingerprint density at radius 3 is 2.32 bits per heavy atom. The maximum Gasteiger partial charge on any atom is 0.244 e. The third kappa shape index (κ3) is 5.97. The number of carbonyl (C=O) groups excluding carboxylic acids is 1. The van der Waals surface area contributed by atoms with Crippen LogP contribution in [0.4, 0.5) is 8.78 Å². The molecule has 0 saturated heterocycles. The fourth-order valence-electron chi connectivity index (χ4n) is 2.56. The van der Waals surface area contributed by atoms with Gasteiger partial charge in [0, 0.05) is 24.7 Å². The Hall–Kier alpha value is -2.58. The summed E-state index contributed by atoms with van der Waals surface area (Å²) >= 11 is 0. The number of amides is 1. The van der Waals surface area contributed by atoms with Crippen molar-refractivity contribution in [3.63, 3.8) is 0 Å². The maximum atomic E-state index is 13.1. The molecule has 0 atom stereocenters. The monoisotopic (exact) mass is 406 g/mol. The van der Waals surface area contributed by atoms with Gasteiger partial charge in [-0.2, -0.15) is 0 Å². The smallest absolute Gasteiger partial charge is 0.244 e. The van der Waals surface area contributed by atoms with Crippen LogP contribution >= 0.6 is 0 Å². The third-order valence-electron chi connectivity index (χ3n) is 4.15. The summed E-state index contributed by atoms with van der Waals surface area (Å²) in [5.74, 6) is -1.66. The number of hydrogen-bond donors (Lipinski definition) is 2. The quantitative estimate of drug-likeness (QED) is 0.662. The van der Waals surface area contributed by atoms with E-state index in [0.29, 0.717) is 17.5 Å². The van der Waals surface area contributed by atoms with Crippen molar-refractivity contribution in [2.75, 3.05) is 6.54 Å². The van der Waals surface area contributed by atoms with Crippen molar-refractivity contribution in [3.8, 4) is 0 Å². The fourth-order valence-corrected chi connectivity index (χ4v) is 3.87.